The minimum absolute atomic E-state index is 0.589. The number of nitrogens with one attached hydrogen (secondary N) is 2. The van der Waals surface area contributed by atoms with Crippen LogP contribution in [0.3, 0.4) is 0 Å². The molecule has 0 atom stereocenters. The highest BCUT2D eigenvalue weighted by Gasteiger charge is 2.13. The Morgan fingerprint density at radius 2 is 1.21 bits per heavy atom. The molecule has 2 aromatic carbocycles. The second kappa shape index (κ2) is 5.82. The van der Waals surface area contributed by atoms with E-state index < -0.39 is 11.8 Å². The number of rotatable bonds is 2. The number of amides is 2. The van der Waals surface area contributed by atoms with E-state index in [1.54, 1.807) is 36.4 Å². The SMILES string of the molecule is Cc1ccc(NC(=O)C(=O)Nc2ccccc2)cc1. The van der Waals surface area contributed by atoms with Crippen LogP contribution in [-0.2, 0) is 9.59 Å². The normalized spacial score (nSPS) is 9.74. The highest BCUT2D eigenvalue weighted by atomic mass is 16.2. The van der Waals surface area contributed by atoms with E-state index in [4.69, 9.17) is 0 Å². The molecule has 0 saturated carbocycles. The van der Waals surface area contributed by atoms with Gasteiger partial charge >= 0.3 is 11.8 Å². The number of anilines is 2. The van der Waals surface area contributed by atoms with E-state index in [-0.39, 0.29) is 0 Å². The van der Waals surface area contributed by atoms with Crippen molar-refractivity contribution in [1.82, 2.24) is 0 Å². The molecule has 0 radical (unpaired) electrons. The van der Waals surface area contributed by atoms with Gasteiger partial charge in [-0.15, -0.1) is 0 Å². The number of hydrogen-bond acceptors (Lipinski definition) is 2. The first-order chi connectivity index (χ1) is 9.15. The Bertz CT molecular complexity index is 577. The molecule has 0 aromatic heterocycles. The molecule has 0 bridgehead atoms. The zero-order valence-corrected chi connectivity index (χ0v) is 10.5. The van der Waals surface area contributed by atoms with E-state index in [9.17, 15) is 9.59 Å². The molecule has 2 rings (SSSR count). The molecule has 0 heterocycles. The third kappa shape index (κ3) is 3.67. The van der Waals surface area contributed by atoms with E-state index in [1.165, 1.54) is 0 Å². The second-order valence-corrected chi connectivity index (χ2v) is 4.14. The van der Waals surface area contributed by atoms with Crippen molar-refractivity contribution in [2.24, 2.45) is 0 Å². The lowest BCUT2D eigenvalue weighted by Gasteiger charge is -2.06. The summed E-state index contributed by atoms with van der Waals surface area (Å²) >= 11 is 0. The van der Waals surface area contributed by atoms with Gasteiger partial charge in [0.25, 0.3) is 0 Å². The van der Waals surface area contributed by atoms with Gasteiger partial charge in [-0.3, -0.25) is 9.59 Å². The molecule has 96 valence electrons. The van der Waals surface area contributed by atoms with Gasteiger partial charge in [-0.05, 0) is 31.2 Å². The number of carbonyl (C=O) groups is 2. The summed E-state index contributed by atoms with van der Waals surface area (Å²) < 4.78 is 0. The average Bonchev–Trinajstić information content (AvgIpc) is 2.42. The first-order valence-corrected chi connectivity index (χ1v) is 5.89. The van der Waals surface area contributed by atoms with Crippen molar-refractivity contribution in [2.45, 2.75) is 6.92 Å². The summed E-state index contributed by atoms with van der Waals surface area (Å²) in [6.07, 6.45) is 0. The number of carbonyl (C=O) groups excluding carboxylic acids is 2. The minimum Gasteiger partial charge on any atom is -0.318 e. The van der Waals surface area contributed by atoms with E-state index in [2.05, 4.69) is 10.6 Å². The highest BCUT2D eigenvalue weighted by molar-refractivity contribution is 6.43. The van der Waals surface area contributed by atoms with Crippen molar-refractivity contribution < 1.29 is 9.59 Å². The van der Waals surface area contributed by atoms with Gasteiger partial charge in [0.05, 0.1) is 0 Å². The first kappa shape index (κ1) is 12.8. The van der Waals surface area contributed by atoms with Crippen molar-refractivity contribution in [1.29, 1.82) is 0 Å². The van der Waals surface area contributed by atoms with Gasteiger partial charge in [-0.25, -0.2) is 0 Å². The molecule has 2 aromatic rings. The van der Waals surface area contributed by atoms with Gasteiger partial charge in [-0.2, -0.15) is 0 Å². The Balaban J connectivity index is 1.96. The lowest BCUT2D eigenvalue weighted by atomic mass is 10.2. The maximum Gasteiger partial charge on any atom is 0.314 e. The van der Waals surface area contributed by atoms with E-state index in [0.717, 1.165) is 5.56 Å². The molecule has 2 N–H and O–H groups in total. The molecular formula is C15H14N2O2. The monoisotopic (exact) mass is 254 g/mol. The maximum absolute atomic E-state index is 11.7. The van der Waals surface area contributed by atoms with Crippen molar-refractivity contribution in [3.8, 4) is 0 Å². The number of hydrogen-bond donors (Lipinski definition) is 2. The third-order valence-corrected chi connectivity index (χ3v) is 2.55. The number of aryl methyl sites for hydroxylation is 1. The molecule has 2 amide bonds. The third-order valence-electron chi connectivity index (χ3n) is 2.55. The molecule has 4 heteroatoms. The molecular weight excluding hydrogens is 240 g/mol. The Labute approximate surface area is 111 Å². The van der Waals surface area contributed by atoms with Crippen LogP contribution < -0.4 is 10.6 Å². The van der Waals surface area contributed by atoms with Gasteiger partial charge in [0.2, 0.25) is 0 Å². The summed E-state index contributed by atoms with van der Waals surface area (Å²) in [6.45, 7) is 1.95. The van der Waals surface area contributed by atoms with Crippen molar-refractivity contribution in [3.63, 3.8) is 0 Å². The van der Waals surface area contributed by atoms with Gasteiger partial charge in [-0.1, -0.05) is 35.9 Å². The van der Waals surface area contributed by atoms with Crippen molar-refractivity contribution in [3.05, 3.63) is 60.2 Å². The van der Waals surface area contributed by atoms with E-state index in [1.807, 2.05) is 25.1 Å². The zero-order chi connectivity index (χ0) is 13.7. The molecule has 19 heavy (non-hydrogen) atoms. The molecule has 0 fully saturated rings. The summed E-state index contributed by atoms with van der Waals surface area (Å²) in [5, 5.41) is 5.06. The highest BCUT2D eigenvalue weighted by Crippen LogP contribution is 2.09. The van der Waals surface area contributed by atoms with Crippen LogP contribution in [0.15, 0.2) is 54.6 Å². The van der Waals surface area contributed by atoms with Crippen LogP contribution in [0.4, 0.5) is 11.4 Å². The van der Waals surface area contributed by atoms with E-state index in [0.29, 0.717) is 11.4 Å². The summed E-state index contributed by atoms with van der Waals surface area (Å²) in [6, 6.07) is 16.1. The molecule has 0 unspecified atom stereocenters. The Kier molecular flexibility index (Phi) is 3.93. The largest absolute Gasteiger partial charge is 0.318 e. The molecule has 0 spiro atoms. The Morgan fingerprint density at radius 1 is 0.737 bits per heavy atom. The fourth-order valence-corrected chi connectivity index (χ4v) is 1.53. The van der Waals surface area contributed by atoms with Gasteiger partial charge < -0.3 is 10.6 Å². The zero-order valence-electron chi connectivity index (χ0n) is 10.5. The van der Waals surface area contributed by atoms with Crippen molar-refractivity contribution >= 4 is 23.2 Å². The summed E-state index contributed by atoms with van der Waals surface area (Å²) in [5.74, 6) is -1.38. The topological polar surface area (TPSA) is 58.2 Å². The van der Waals surface area contributed by atoms with Gasteiger partial charge in [0.15, 0.2) is 0 Å². The quantitative estimate of drug-likeness (QED) is 0.809. The van der Waals surface area contributed by atoms with Crippen LogP contribution in [0.1, 0.15) is 5.56 Å². The van der Waals surface area contributed by atoms with Crippen LogP contribution in [0.5, 0.6) is 0 Å². The predicted octanol–water partition coefficient (Wildman–Crippen LogP) is 2.57. The van der Waals surface area contributed by atoms with Crippen molar-refractivity contribution in [2.75, 3.05) is 10.6 Å². The molecule has 0 aliphatic carbocycles. The van der Waals surface area contributed by atoms with Gasteiger partial charge in [0, 0.05) is 11.4 Å². The lowest BCUT2D eigenvalue weighted by Crippen LogP contribution is -2.29. The minimum atomic E-state index is -0.688. The van der Waals surface area contributed by atoms with Crippen LogP contribution in [0.2, 0.25) is 0 Å². The predicted molar refractivity (Wildman–Crippen MR) is 74.9 cm³/mol. The Hall–Kier alpha value is -2.62. The summed E-state index contributed by atoms with van der Waals surface area (Å²) in [5.41, 5.74) is 2.28. The van der Waals surface area contributed by atoms with Crippen LogP contribution in [-0.4, -0.2) is 11.8 Å². The fraction of sp³-hybridized carbons (Fsp3) is 0.0667. The molecule has 0 aliphatic heterocycles. The Morgan fingerprint density at radius 3 is 1.74 bits per heavy atom. The van der Waals surface area contributed by atoms with Crippen LogP contribution in [0.25, 0.3) is 0 Å². The smallest absolute Gasteiger partial charge is 0.314 e. The fourth-order valence-electron chi connectivity index (χ4n) is 1.53. The maximum atomic E-state index is 11.7. The average molecular weight is 254 g/mol. The van der Waals surface area contributed by atoms with Gasteiger partial charge in [0.1, 0.15) is 0 Å². The van der Waals surface area contributed by atoms with Crippen LogP contribution in [0, 0.1) is 6.92 Å². The second-order valence-electron chi connectivity index (χ2n) is 4.14. The standard InChI is InChI=1S/C15H14N2O2/c1-11-7-9-13(10-8-11)17-15(19)14(18)16-12-5-3-2-4-6-12/h2-10H,1H3,(H,16,18)(H,17,19). The van der Waals surface area contributed by atoms with Crippen LogP contribution >= 0.6 is 0 Å². The number of para-hydroxylation sites is 1. The first-order valence-electron chi connectivity index (χ1n) is 5.89. The summed E-state index contributed by atoms with van der Waals surface area (Å²) in [7, 11) is 0. The molecule has 0 aliphatic rings. The van der Waals surface area contributed by atoms with E-state index >= 15 is 0 Å². The number of benzene rings is 2. The molecule has 4 nitrogen and oxygen atoms in total. The molecule has 0 saturated heterocycles. The lowest BCUT2D eigenvalue weighted by molar-refractivity contribution is -0.132. The summed E-state index contributed by atoms with van der Waals surface area (Å²) in [4.78, 5) is 23.3.